The molecule has 1 aromatic carbocycles. The third kappa shape index (κ3) is 2.32. The molecule has 0 saturated carbocycles. The maximum Gasteiger partial charge on any atom is 0.0731 e. The summed E-state index contributed by atoms with van der Waals surface area (Å²) in [4.78, 5) is 4.57. The van der Waals surface area contributed by atoms with E-state index in [9.17, 15) is 0 Å². The molecule has 1 aromatic heterocycles. The molecule has 0 spiro atoms. The van der Waals surface area contributed by atoms with Gasteiger partial charge in [0.1, 0.15) is 0 Å². The van der Waals surface area contributed by atoms with Crippen LogP contribution in [-0.4, -0.2) is 4.98 Å². The second kappa shape index (κ2) is 4.50. The minimum atomic E-state index is 0.732. The largest absolute Gasteiger partial charge is 0.253 e. The van der Waals surface area contributed by atoms with Crippen LogP contribution in [0.3, 0.4) is 0 Å². The average molecular weight is 285 g/mol. The summed E-state index contributed by atoms with van der Waals surface area (Å²) in [7, 11) is 0. The number of hydrogen-bond donors (Lipinski definition) is 0. The van der Waals surface area contributed by atoms with Crippen LogP contribution in [0.2, 0.25) is 5.02 Å². The van der Waals surface area contributed by atoms with Crippen molar-refractivity contribution >= 4 is 38.4 Å². The minimum Gasteiger partial charge on any atom is -0.253 e. The summed E-state index contributed by atoms with van der Waals surface area (Å²) in [6, 6.07) is 7.86. The fraction of sp³-hybridized carbons (Fsp3) is 0.250. The van der Waals surface area contributed by atoms with Crippen molar-refractivity contribution in [3.63, 3.8) is 0 Å². The standard InChI is InChI=1S/C12H11BrClN/c1-2-3-9-7-11(13)10-5-4-8(14)6-12(10)15-9/h4-7H,2-3H2,1H3. The molecular formula is C12H11BrClN. The Morgan fingerprint density at radius 2 is 2.13 bits per heavy atom. The van der Waals surface area contributed by atoms with E-state index in [1.807, 2.05) is 18.2 Å². The number of halogens is 2. The van der Waals surface area contributed by atoms with E-state index in [1.165, 1.54) is 0 Å². The van der Waals surface area contributed by atoms with Crippen molar-refractivity contribution in [2.24, 2.45) is 0 Å². The zero-order valence-corrected chi connectivity index (χ0v) is 10.8. The smallest absolute Gasteiger partial charge is 0.0731 e. The van der Waals surface area contributed by atoms with Gasteiger partial charge in [-0.15, -0.1) is 0 Å². The molecule has 1 heterocycles. The molecule has 0 N–H and O–H groups in total. The van der Waals surface area contributed by atoms with Crippen LogP contribution in [0.5, 0.6) is 0 Å². The quantitative estimate of drug-likeness (QED) is 0.785. The topological polar surface area (TPSA) is 12.9 Å². The Morgan fingerprint density at radius 3 is 2.87 bits per heavy atom. The average Bonchev–Trinajstić information content (AvgIpc) is 2.17. The van der Waals surface area contributed by atoms with Gasteiger partial charge in [-0.25, -0.2) is 0 Å². The summed E-state index contributed by atoms with van der Waals surface area (Å²) in [6.07, 6.45) is 2.10. The predicted octanol–water partition coefficient (Wildman–Crippen LogP) is 4.60. The number of fused-ring (bicyclic) bond motifs is 1. The van der Waals surface area contributed by atoms with Gasteiger partial charge < -0.3 is 0 Å². The van der Waals surface area contributed by atoms with Gasteiger partial charge in [0, 0.05) is 20.6 Å². The highest BCUT2D eigenvalue weighted by Gasteiger charge is 2.03. The molecule has 0 fully saturated rings. The normalized spacial score (nSPS) is 10.9. The molecule has 0 amide bonds. The van der Waals surface area contributed by atoms with Crippen molar-refractivity contribution in [1.82, 2.24) is 4.98 Å². The Morgan fingerprint density at radius 1 is 1.33 bits per heavy atom. The van der Waals surface area contributed by atoms with Gasteiger partial charge in [0.05, 0.1) is 5.52 Å². The first-order valence-electron chi connectivity index (χ1n) is 4.95. The van der Waals surface area contributed by atoms with Crippen LogP contribution in [0.4, 0.5) is 0 Å². The van der Waals surface area contributed by atoms with E-state index in [0.717, 1.165) is 38.9 Å². The highest BCUT2D eigenvalue weighted by molar-refractivity contribution is 9.10. The molecule has 0 aliphatic carbocycles. The Balaban J connectivity index is 2.63. The molecule has 2 aromatic rings. The summed E-state index contributed by atoms with van der Waals surface area (Å²) >= 11 is 9.50. The fourth-order valence-corrected chi connectivity index (χ4v) is 2.36. The number of pyridine rings is 1. The van der Waals surface area contributed by atoms with Crippen molar-refractivity contribution in [2.45, 2.75) is 19.8 Å². The number of aromatic nitrogens is 1. The van der Waals surface area contributed by atoms with Gasteiger partial charge >= 0.3 is 0 Å². The summed E-state index contributed by atoms with van der Waals surface area (Å²) in [5, 5.41) is 1.84. The molecular weight excluding hydrogens is 273 g/mol. The first kappa shape index (κ1) is 10.9. The number of rotatable bonds is 2. The van der Waals surface area contributed by atoms with Crippen LogP contribution in [0, 0.1) is 0 Å². The van der Waals surface area contributed by atoms with E-state index in [1.54, 1.807) is 0 Å². The molecule has 0 aliphatic rings. The molecule has 0 bridgehead atoms. The third-order valence-electron chi connectivity index (χ3n) is 2.28. The van der Waals surface area contributed by atoms with Crippen LogP contribution >= 0.6 is 27.5 Å². The van der Waals surface area contributed by atoms with Crippen molar-refractivity contribution < 1.29 is 0 Å². The Bertz CT molecular complexity index is 496. The van der Waals surface area contributed by atoms with Crippen molar-refractivity contribution in [3.8, 4) is 0 Å². The van der Waals surface area contributed by atoms with Crippen LogP contribution < -0.4 is 0 Å². The van der Waals surface area contributed by atoms with Gasteiger partial charge in [-0.05, 0) is 24.6 Å². The molecule has 0 atom stereocenters. The monoisotopic (exact) mass is 283 g/mol. The molecule has 3 heteroatoms. The molecule has 78 valence electrons. The number of aryl methyl sites for hydroxylation is 1. The van der Waals surface area contributed by atoms with Gasteiger partial charge in [-0.1, -0.05) is 46.9 Å². The van der Waals surface area contributed by atoms with Crippen LogP contribution in [0.1, 0.15) is 19.0 Å². The lowest BCUT2D eigenvalue weighted by Crippen LogP contribution is -1.90. The summed E-state index contributed by atoms with van der Waals surface area (Å²) < 4.78 is 1.09. The van der Waals surface area contributed by atoms with E-state index in [4.69, 9.17) is 11.6 Å². The second-order valence-corrected chi connectivity index (χ2v) is 4.80. The van der Waals surface area contributed by atoms with E-state index >= 15 is 0 Å². The molecule has 0 saturated heterocycles. The Kier molecular flexibility index (Phi) is 3.27. The highest BCUT2D eigenvalue weighted by Crippen LogP contribution is 2.26. The Hall–Kier alpha value is -0.600. The molecule has 0 unspecified atom stereocenters. The highest BCUT2D eigenvalue weighted by atomic mass is 79.9. The third-order valence-corrected chi connectivity index (χ3v) is 3.17. The number of benzene rings is 1. The number of nitrogens with zero attached hydrogens (tertiary/aromatic N) is 1. The molecule has 0 aliphatic heterocycles. The molecule has 0 radical (unpaired) electrons. The van der Waals surface area contributed by atoms with E-state index < -0.39 is 0 Å². The maximum atomic E-state index is 5.95. The number of hydrogen-bond acceptors (Lipinski definition) is 1. The van der Waals surface area contributed by atoms with E-state index in [2.05, 4.69) is 33.9 Å². The SMILES string of the molecule is CCCc1cc(Br)c2ccc(Cl)cc2n1. The lowest BCUT2D eigenvalue weighted by Gasteiger charge is -2.04. The lowest BCUT2D eigenvalue weighted by molar-refractivity contribution is 0.889. The minimum absolute atomic E-state index is 0.732. The lowest BCUT2D eigenvalue weighted by atomic mass is 10.1. The zero-order valence-electron chi connectivity index (χ0n) is 8.43. The second-order valence-electron chi connectivity index (χ2n) is 3.51. The van der Waals surface area contributed by atoms with Gasteiger partial charge in [0.15, 0.2) is 0 Å². The van der Waals surface area contributed by atoms with E-state index in [0.29, 0.717) is 0 Å². The van der Waals surface area contributed by atoms with Crippen LogP contribution in [0.15, 0.2) is 28.7 Å². The van der Waals surface area contributed by atoms with Gasteiger partial charge in [0.25, 0.3) is 0 Å². The van der Waals surface area contributed by atoms with Gasteiger partial charge in [-0.2, -0.15) is 0 Å². The molecule has 2 rings (SSSR count). The van der Waals surface area contributed by atoms with Crippen LogP contribution in [0.25, 0.3) is 10.9 Å². The van der Waals surface area contributed by atoms with Crippen molar-refractivity contribution in [1.29, 1.82) is 0 Å². The predicted molar refractivity (Wildman–Crippen MR) is 68.4 cm³/mol. The van der Waals surface area contributed by atoms with E-state index in [-0.39, 0.29) is 0 Å². The fourth-order valence-electron chi connectivity index (χ4n) is 1.59. The summed E-state index contributed by atoms with van der Waals surface area (Å²) in [5.41, 5.74) is 2.07. The molecule has 1 nitrogen and oxygen atoms in total. The first-order chi connectivity index (χ1) is 7.20. The van der Waals surface area contributed by atoms with Crippen molar-refractivity contribution in [3.05, 3.63) is 39.5 Å². The summed E-state index contributed by atoms with van der Waals surface area (Å²) in [6.45, 7) is 2.15. The summed E-state index contributed by atoms with van der Waals surface area (Å²) in [5.74, 6) is 0. The molecule has 15 heavy (non-hydrogen) atoms. The van der Waals surface area contributed by atoms with Gasteiger partial charge in [-0.3, -0.25) is 4.98 Å². The van der Waals surface area contributed by atoms with Crippen molar-refractivity contribution in [2.75, 3.05) is 0 Å². The Labute approximate surface area is 103 Å². The first-order valence-corrected chi connectivity index (χ1v) is 6.12. The maximum absolute atomic E-state index is 5.95. The van der Waals surface area contributed by atoms with Gasteiger partial charge in [0.2, 0.25) is 0 Å². The van der Waals surface area contributed by atoms with Crippen LogP contribution in [-0.2, 0) is 6.42 Å². The zero-order chi connectivity index (χ0) is 10.8.